The predicted molar refractivity (Wildman–Crippen MR) is 89.7 cm³/mol. The number of benzene rings is 1. The molecule has 6 heteroatoms. The average molecular weight is 319 g/mol. The van der Waals surface area contributed by atoms with Gasteiger partial charge < -0.3 is 5.32 Å². The zero-order valence-corrected chi connectivity index (χ0v) is 14.1. The summed E-state index contributed by atoms with van der Waals surface area (Å²) in [6, 6.07) is 4.60. The molecule has 0 aliphatic carbocycles. The summed E-state index contributed by atoms with van der Waals surface area (Å²) >= 11 is 0. The number of piperidine rings is 1. The van der Waals surface area contributed by atoms with Crippen LogP contribution in [0.25, 0.3) is 0 Å². The number of nitrogens with zero attached hydrogens (tertiary/aromatic N) is 2. The monoisotopic (exact) mass is 319 g/mol. The minimum absolute atomic E-state index is 0.0204. The van der Waals surface area contributed by atoms with Gasteiger partial charge in [0.2, 0.25) is 0 Å². The molecular formula is C17H25N3O3. The van der Waals surface area contributed by atoms with Crippen LogP contribution in [0, 0.1) is 17.0 Å². The molecule has 0 spiro atoms. The first-order valence-electron chi connectivity index (χ1n) is 8.10. The molecule has 1 aliphatic rings. The van der Waals surface area contributed by atoms with Gasteiger partial charge in [-0.05, 0) is 52.8 Å². The molecule has 0 saturated carbocycles. The Morgan fingerprint density at radius 3 is 2.57 bits per heavy atom. The molecule has 2 rings (SSSR count). The summed E-state index contributed by atoms with van der Waals surface area (Å²) in [5, 5.41) is 13.9. The van der Waals surface area contributed by atoms with Crippen LogP contribution in [0.15, 0.2) is 18.2 Å². The number of hydrogen-bond donors (Lipinski definition) is 1. The highest BCUT2D eigenvalue weighted by atomic mass is 16.6. The molecule has 1 heterocycles. The quantitative estimate of drug-likeness (QED) is 0.669. The Morgan fingerprint density at radius 1 is 1.30 bits per heavy atom. The van der Waals surface area contributed by atoms with Crippen LogP contribution in [0.3, 0.4) is 0 Å². The van der Waals surface area contributed by atoms with Crippen LogP contribution in [-0.2, 0) is 0 Å². The van der Waals surface area contributed by atoms with Crippen molar-refractivity contribution in [2.75, 3.05) is 19.6 Å². The summed E-state index contributed by atoms with van der Waals surface area (Å²) in [7, 11) is 0. The van der Waals surface area contributed by atoms with E-state index in [1.54, 1.807) is 19.1 Å². The number of nitro benzene ring substituents is 1. The lowest BCUT2D eigenvalue weighted by molar-refractivity contribution is -0.385. The lowest BCUT2D eigenvalue weighted by Crippen LogP contribution is -2.53. The molecule has 1 fully saturated rings. The van der Waals surface area contributed by atoms with Crippen molar-refractivity contribution in [3.63, 3.8) is 0 Å². The molecule has 1 aromatic rings. The summed E-state index contributed by atoms with van der Waals surface area (Å²) in [4.78, 5) is 25.4. The van der Waals surface area contributed by atoms with Gasteiger partial charge in [0.25, 0.3) is 11.6 Å². The van der Waals surface area contributed by atoms with Gasteiger partial charge in [0, 0.05) is 29.3 Å². The molecule has 1 N–H and O–H groups in total. The Morgan fingerprint density at radius 2 is 1.96 bits per heavy atom. The molecule has 0 aromatic heterocycles. The first-order valence-corrected chi connectivity index (χ1v) is 8.10. The predicted octanol–water partition coefficient (Wildman–Crippen LogP) is 2.90. The van der Waals surface area contributed by atoms with E-state index < -0.39 is 4.92 Å². The van der Waals surface area contributed by atoms with Crippen molar-refractivity contribution >= 4 is 11.6 Å². The molecule has 1 amide bonds. The van der Waals surface area contributed by atoms with Gasteiger partial charge in [-0.1, -0.05) is 12.5 Å². The SMILES string of the molecule is Cc1c(C(=O)NCC(C)(C)N2CCCCC2)cccc1[N+](=O)[O-]. The van der Waals surface area contributed by atoms with E-state index in [4.69, 9.17) is 0 Å². The summed E-state index contributed by atoms with van der Waals surface area (Å²) in [6.07, 6.45) is 3.66. The van der Waals surface area contributed by atoms with Gasteiger partial charge in [-0.25, -0.2) is 0 Å². The van der Waals surface area contributed by atoms with E-state index in [9.17, 15) is 14.9 Å². The fraction of sp³-hybridized carbons (Fsp3) is 0.588. The Balaban J connectivity index is 2.04. The van der Waals surface area contributed by atoms with Gasteiger partial charge in [-0.2, -0.15) is 0 Å². The Kier molecular flexibility index (Phi) is 5.36. The number of carbonyl (C=O) groups is 1. The Hall–Kier alpha value is -1.95. The van der Waals surface area contributed by atoms with Crippen LogP contribution in [-0.4, -0.2) is 40.9 Å². The maximum Gasteiger partial charge on any atom is 0.273 e. The van der Waals surface area contributed by atoms with Crippen molar-refractivity contribution in [3.05, 3.63) is 39.4 Å². The fourth-order valence-corrected chi connectivity index (χ4v) is 3.07. The van der Waals surface area contributed by atoms with Gasteiger partial charge in [0.1, 0.15) is 0 Å². The standard InChI is InChI=1S/C17H25N3O3/c1-13-14(8-7-9-15(13)20(22)23)16(21)18-12-17(2,3)19-10-5-4-6-11-19/h7-9H,4-6,10-12H2,1-3H3,(H,18,21). The molecule has 0 atom stereocenters. The Bertz CT molecular complexity index is 593. The van der Waals surface area contributed by atoms with E-state index >= 15 is 0 Å². The van der Waals surface area contributed by atoms with Crippen LogP contribution in [0.1, 0.15) is 49.0 Å². The third kappa shape index (κ3) is 4.07. The zero-order valence-electron chi connectivity index (χ0n) is 14.1. The summed E-state index contributed by atoms with van der Waals surface area (Å²) < 4.78 is 0. The number of hydrogen-bond acceptors (Lipinski definition) is 4. The second-order valence-corrected chi connectivity index (χ2v) is 6.75. The smallest absolute Gasteiger partial charge is 0.273 e. The third-order valence-corrected chi connectivity index (χ3v) is 4.64. The normalized spacial score (nSPS) is 16.1. The van der Waals surface area contributed by atoms with E-state index in [0.717, 1.165) is 13.1 Å². The van der Waals surface area contributed by atoms with Crippen LogP contribution in [0.2, 0.25) is 0 Å². The second-order valence-electron chi connectivity index (χ2n) is 6.75. The van der Waals surface area contributed by atoms with E-state index in [1.807, 2.05) is 0 Å². The highest BCUT2D eigenvalue weighted by Crippen LogP contribution is 2.22. The van der Waals surface area contributed by atoms with Crippen molar-refractivity contribution < 1.29 is 9.72 Å². The summed E-state index contributed by atoms with van der Waals surface area (Å²) in [5.41, 5.74) is 0.636. The fourth-order valence-electron chi connectivity index (χ4n) is 3.07. The van der Waals surface area contributed by atoms with Gasteiger partial charge >= 0.3 is 0 Å². The highest BCUT2D eigenvalue weighted by Gasteiger charge is 2.28. The molecule has 1 saturated heterocycles. The average Bonchev–Trinajstić information content (AvgIpc) is 2.53. The van der Waals surface area contributed by atoms with Gasteiger partial charge in [-0.15, -0.1) is 0 Å². The minimum Gasteiger partial charge on any atom is -0.350 e. The first kappa shape index (κ1) is 17.4. The van der Waals surface area contributed by atoms with Crippen molar-refractivity contribution in [1.82, 2.24) is 10.2 Å². The molecule has 1 aromatic carbocycles. The largest absolute Gasteiger partial charge is 0.350 e. The van der Waals surface area contributed by atoms with Crippen LogP contribution >= 0.6 is 0 Å². The van der Waals surface area contributed by atoms with Gasteiger partial charge in [-0.3, -0.25) is 19.8 Å². The van der Waals surface area contributed by atoms with E-state index in [-0.39, 0.29) is 17.1 Å². The highest BCUT2D eigenvalue weighted by molar-refractivity contribution is 5.96. The topological polar surface area (TPSA) is 75.5 Å². The number of rotatable bonds is 5. The van der Waals surface area contributed by atoms with Gasteiger partial charge in [0.05, 0.1) is 4.92 Å². The van der Waals surface area contributed by atoms with Crippen molar-refractivity contribution in [3.8, 4) is 0 Å². The molecule has 23 heavy (non-hydrogen) atoms. The minimum atomic E-state index is -0.455. The second kappa shape index (κ2) is 7.08. The van der Waals surface area contributed by atoms with E-state index in [1.165, 1.54) is 25.3 Å². The van der Waals surface area contributed by atoms with Crippen molar-refractivity contribution in [2.45, 2.75) is 45.6 Å². The number of nitro groups is 1. The summed E-state index contributed by atoms with van der Waals surface area (Å²) in [5.74, 6) is -0.253. The number of amides is 1. The number of nitrogens with one attached hydrogen (secondary N) is 1. The van der Waals surface area contributed by atoms with E-state index in [0.29, 0.717) is 17.7 Å². The maximum atomic E-state index is 12.4. The van der Waals surface area contributed by atoms with Crippen molar-refractivity contribution in [1.29, 1.82) is 0 Å². The molecule has 6 nitrogen and oxygen atoms in total. The number of likely N-dealkylation sites (tertiary alicyclic amines) is 1. The molecule has 0 radical (unpaired) electrons. The molecule has 126 valence electrons. The first-order chi connectivity index (χ1) is 10.8. The maximum absolute atomic E-state index is 12.4. The molecular weight excluding hydrogens is 294 g/mol. The van der Waals surface area contributed by atoms with Crippen molar-refractivity contribution in [2.24, 2.45) is 0 Å². The van der Waals surface area contributed by atoms with Crippen LogP contribution < -0.4 is 5.32 Å². The molecule has 0 unspecified atom stereocenters. The van der Waals surface area contributed by atoms with Crippen LogP contribution in [0.5, 0.6) is 0 Å². The van der Waals surface area contributed by atoms with Crippen LogP contribution in [0.4, 0.5) is 5.69 Å². The third-order valence-electron chi connectivity index (χ3n) is 4.64. The van der Waals surface area contributed by atoms with E-state index in [2.05, 4.69) is 24.1 Å². The lowest BCUT2D eigenvalue weighted by atomic mass is 9.98. The molecule has 0 bridgehead atoms. The summed E-state index contributed by atoms with van der Waals surface area (Å²) in [6.45, 7) is 8.49. The number of carbonyl (C=O) groups excluding carboxylic acids is 1. The van der Waals surface area contributed by atoms with Gasteiger partial charge in [0.15, 0.2) is 0 Å². The lowest BCUT2D eigenvalue weighted by Gasteiger charge is -2.41. The Labute approximate surface area is 137 Å². The molecule has 1 aliphatic heterocycles. The zero-order chi connectivity index (χ0) is 17.0.